The molecule has 2 N–H and O–H groups in total. The van der Waals surface area contributed by atoms with Crippen molar-refractivity contribution in [2.75, 3.05) is 26.7 Å². The lowest BCUT2D eigenvalue weighted by Gasteiger charge is -2.18. The van der Waals surface area contributed by atoms with Gasteiger partial charge >= 0.3 is 0 Å². The van der Waals surface area contributed by atoms with Crippen LogP contribution >= 0.6 is 12.4 Å². The zero-order chi connectivity index (χ0) is 12.8. The number of nitrogens with one attached hydrogen (secondary N) is 2. The SMILES string of the molecule is COC(CNC(=O)C1CCNC1)c1ccccc1.Cl. The number of hydrogen-bond donors (Lipinski definition) is 2. The summed E-state index contributed by atoms with van der Waals surface area (Å²) in [5.74, 6) is 0.233. The molecule has 2 rings (SSSR count). The summed E-state index contributed by atoms with van der Waals surface area (Å²) in [5.41, 5.74) is 1.09. The Balaban J connectivity index is 0.00000180. The first-order valence-corrected chi connectivity index (χ1v) is 6.37. The molecule has 0 saturated carbocycles. The van der Waals surface area contributed by atoms with Gasteiger partial charge in [-0.05, 0) is 18.5 Å². The fourth-order valence-corrected chi connectivity index (χ4v) is 2.22. The van der Waals surface area contributed by atoms with Crippen molar-refractivity contribution in [1.82, 2.24) is 10.6 Å². The van der Waals surface area contributed by atoms with E-state index in [4.69, 9.17) is 4.74 Å². The van der Waals surface area contributed by atoms with Crippen molar-refractivity contribution in [3.05, 3.63) is 35.9 Å². The van der Waals surface area contributed by atoms with Gasteiger partial charge < -0.3 is 15.4 Å². The number of rotatable bonds is 5. The van der Waals surface area contributed by atoms with Crippen LogP contribution in [0.4, 0.5) is 0 Å². The molecule has 2 unspecified atom stereocenters. The minimum absolute atomic E-state index is 0. The van der Waals surface area contributed by atoms with Gasteiger partial charge in [-0.25, -0.2) is 0 Å². The minimum atomic E-state index is -0.0792. The third-order valence-electron chi connectivity index (χ3n) is 3.35. The van der Waals surface area contributed by atoms with Gasteiger partial charge in [-0.1, -0.05) is 30.3 Å². The van der Waals surface area contributed by atoms with Crippen molar-refractivity contribution in [2.45, 2.75) is 12.5 Å². The van der Waals surface area contributed by atoms with Crippen LogP contribution < -0.4 is 10.6 Å². The normalized spacial score (nSPS) is 19.5. The number of halogens is 1. The number of carbonyl (C=O) groups excluding carboxylic acids is 1. The smallest absolute Gasteiger partial charge is 0.224 e. The van der Waals surface area contributed by atoms with Crippen molar-refractivity contribution in [3.63, 3.8) is 0 Å². The Morgan fingerprint density at radius 3 is 2.79 bits per heavy atom. The van der Waals surface area contributed by atoms with Crippen molar-refractivity contribution in [3.8, 4) is 0 Å². The Morgan fingerprint density at radius 2 is 2.21 bits per heavy atom. The van der Waals surface area contributed by atoms with Crippen LogP contribution in [0, 0.1) is 5.92 Å². The molecule has 1 saturated heterocycles. The van der Waals surface area contributed by atoms with Gasteiger partial charge in [0, 0.05) is 20.2 Å². The summed E-state index contributed by atoms with van der Waals surface area (Å²) in [4.78, 5) is 11.9. The lowest BCUT2D eigenvalue weighted by Crippen LogP contribution is -2.35. The van der Waals surface area contributed by atoms with Gasteiger partial charge in [0.2, 0.25) is 5.91 Å². The fourth-order valence-electron chi connectivity index (χ4n) is 2.22. The van der Waals surface area contributed by atoms with Crippen LogP contribution in [0.5, 0.6) is 0 Å². The van der Waals surface area contributed by atoms with Gasteiger partial charge in [0.25, 0.3) is 0 Å². The zero-order valence-corrected chi connectivity index (χ0v) is 11.9. The Kier molecular flexibility index (Phi) is 6.84. The number of carbonyl (C=O) groups is 1. The Hall–Kier alpha value is -1.10. The summed E-state index contributed by atoms with van der Waals surface area (Å²) in [7, 11) is 1.67. The van der Waals surface area contributed by atoms with E-state index in [2.05, 4.69) is 10.6 Å². The molecule has 2 atom stereocenters. The maximum atomic E-state index is 11.9. The molecule has 1 aromatic rings. The van der Waals surface area contributed by atoms with Crippen molar-refractivity contribution in [1.29, 1.82) is 0 Å². The summed E-state index contributed by atoms with van der Waals surface area (Å²) in [6.45, 7) is 2.25. The highest BCUT2D eigenvalue weighted by Gasteiger charge is 2.23. The van der Waals surface area contributed by atoms with Crippen LogP contribution in [0.3, 0.4) is 0 Å². The molecule has 1 aliphatic heterocycles. The van der Waals surface area contributed by atoms with Crippen molar-refractivity contribution in [2.24, 2.45) is 5.92 Å². The summed E-state index contributed by atoms with van der Waals surface area (Å²) in [6.07, 6.45) is 0.846. The topological polar surface area (TPSA) is 50.4 Å². The minimum Gasteiger partial charge on any atom is -0.375 e. The highest BCUT2D eigenvalue weighted by Crippen LogP contribution is 2.15. The molecule has 1 amide bonds. The fraction of sp³-hybridized carbons (Fsp3) is 0.500. The van der Waals surface area contributed by atoms with Gasteiger partial charge in [-0.2, -0.15) is 0 Å². The van der Waals surface area contributed by atoms with E-state index in [-0.39, 0.29) is 30.3 Å². The first-order valence-electron chi connectivity index (χ1n) is 6.37. The number of methoxy groups -OCH3 is 1. The van der Waals surface area contributed by atoms with Crippen LogP contribution in [0.1, 0.15) is 18.1 Å². The summed E-state index contributed by atoms with van der Waals surface area (Å²) in [5, 5.41) is 6.16. The second-order valence-electron chi connectivity index (χ2n) is 4.57. The van der Waals surface area contributed by atoms with E-state index in [1.54, 1.807) is 7.11 Å². The first-order chi connectivity index (χ1) is 8.81. The average molecular weight is 285 g/mol. The van der Waals surface area contributed by atoms with Crippen molar-refractivity contribution >= 4 is 18.3 Å². The van der Waals surface area contributed by atoms with E-state index in [0.29, 0.717) is 6.54 Å². The molecule has 4 nitrogen and oxygen atoms in total. The second-order valence-corrected chi connectivity index (χ2v) is 4.57. The number of ether oxygens (including phenoxy) is 1. The molecule has 1 aliphatic rings. The van der Waals surface area contributed by atoms with Gasteiger partial charge in [-0.15, -0.1) is 12.4 Å². The molecule has 0 aliphatic carbocycles. The third-order valence-corrected chi connectivity index (χ3v) is 3.35. The quantitative estimate of drug-likeness (QED) is 0.862. The maximum Gasteiger partial charge on any atom is 0.224 e. The molecule has 0 aromatic heterocycles. The molecule has 0 radical (unpaired) electrons. The lowest BCUT2D eigenvalue weighted by atomic mass is 10.1. The van der Waals surface area contributed by atoms with Gasteiger partial charge in [0.05, 0.1) is 12.0 Å². The van der Waals surface area contributed by atoms with E-state index in [1.807, 2.05) is 30.3 Å². The number of benzene rings is 1. The second kappa shape index (κ2) is 8.15. The molecule has 19 heavy (non-hydrogen) atoms. The van der Waals surface area contributed by atoms with Gasteiger partial charge in [0.1, 0.15) is 0 Å². The number of amides is 1. The predicted octanol–water partition coefficient (Wildman–Crippen LogP) is 1.52. The largest absolute Gasteiger partial charge is 0.375 e. The molecule has 1 fully saturated rings. The van der Waals surface area contributed by atoms with Crippen LogP contribution in [-0.2, 0) is 9.53 Å². The summed E-state index contributed by atoms with van der Waals surface area (Å²) < 4.78 is 5.42. The van der Waals surface area contributed by atoms with E-state index in [1.165, 1.54) is 0 Å². The average Bonchev–Trinajstić information content (AvgIpc) is 2.94. The molecule has 106 valence electrons. The van der Waals surface area contributed by atoms with Crippen LogP contribution in [0.25, 0.3) is 0 Å². The predicted molar refractivity (Wildman–Crippen MR) is 77.4 cm³/mol. The summed E-state index contributed by atoms with van der Waals surface area (Å²) in [6, 6.07) is 9.95. The monoisotopic (exact) mass is 284 g/mol. The molecule has 1 aromatic carbocycles. The maximum absolute atomic E-state index is 11.9. The van der Waals surface area contributed by atoms with E-state index < -0.39 is 0 Å². The first kappa shape index (κ1) is 16.0. The standard InChI is InChI=1S/C14H20N2O2.ClH/c1-18-13(11-5-3-2-4-6-11)10-16-14(17)12-7-8-15-9-12;/h2-6,12-13,15H,7-10H2,1H3,(H,16,17);1H. The van der Waals surface area contributed by atoms with Crippen LogP contribution in [0.2, 0.25) is 0 Å². The molecule has 0 bridgehead atoms. The lowest BCUT2D eigenvalue weighted by molar-refractivity contribution is -0.125. The van der Waals surface area contributed by atoms with Crippen LogP contribution in [0.15, 0.2) is 30.3 Å². The van der Waals surface area contributed by atoms with Crippen LogP contribution in [-0.4, -0.2) is 32.7 Å². The highest BCUT2D eigenvalue weighted by atomic mass is 35.5. The molecule has 1 heterocycles. The Labute approximate surface area is 120 Å². The Morgan fingerprint density at radius 1 is 1.47 bits per heavy atom. The summed E-state index contributed by atoms with van der Waals surface area (Å²) >= 11 is 0. The van der Waals surface area contributed by atoms with E-state index in [9.17, 15) is 4.79 Å². The molecule has 0 spiro atoms. The zero-order valence-electron chi connectivity index (χ0n) is 11.1. The number of hydrogen-bond acceptors (Lipinski definition) is 3. The molecule has 5 heteroatoms. The Bertz CT molecular complexity index is 380. The van der Waals surface area contributed by atoms with Crippen molar-refractivity contribution < 1.29 is 9.53 Å². The highest BCUT2D eigenvalue weighted by molar-refractivity contribution is 5.85. The molecular weight excluding hydrogens is 264 g/mol. The van der Waals surface area contributed by atoms with Gasteiger partial charge in [0.15, 0.2) is 0 Å². The third kappa shape index (κ3) is 4.49. The van der Waals surface area contributed by atoms with E-state index >= 15 is 0 Å². The molecular formula is C14H21ClN2O2. The van der Waals surface area contributed by atoms with E-state index in [0.717, 1.165) is 25.1 Å². The van der Waals surface area contributed by atoms with Gasteiger partial charge in [-0.3, -0.25) is 4.79 Å².